The SMILES string of the molecule is O=C(CCCn1nnc(-c2ccccc2)n1)O[C@@H]1CCC[C@H]1n1cccn1. The fourth-order valence-electron chi connectivity index (χ4n) is 3.46. The van der Waals surface area contributed by atoms with Crippen LogP contribution in [-0.4, -0.2) is 42.1 Å². The van der Waals surface area contributed by atoms with E-state index in [9.17, 15) is 4.79 Å². The lowest BCUT2D eigenvalue weighted by Crippen LogP contribution is -2.25. The predicted molar refractivity (Wildman–Crippen MR) is 97.5 cm³/mol. The lowest BCUT2D eigenvalue weighted by Gasteiger charge is -2.20. The van der Waals surface area contributed by atoms with Gasteiger partial charge in [0.2, 0.25) is 5.82 Å². The Morgan fingerprint density at radius 3 is 2.89 bits per heavy atom. The molecule has 0 radical (unpaired) electrons. The van der Waals surface area contributed by atoms with Gasteiger partial charge in [0.15, 0.2) is 0 Å². The highest BCUT2D eigenvalue weighted by Crippen LogP contribution is 2.32. The van der Waals surface area contributed by atoms with Gasteiger partial charge in [-0.25, -0.2) is 0 Å². The Morgan fingerprint density at radius 1 is 1.19 bits per heavy atom. The molecule has 2 atom stereocenters. The summed E-state index contributed by atoms with van der Waals surface area (Å²) >= 11 is 0. The molecule has 0 spiro atoms. The van der Waals surface area contributed by atoms with Crippen molar-refractivity contribution in [1.29, 1.82) is 0 Å². The summed E-state index contributed by atoms with van der Waals surface area (Å²) in [7, 11) is 0. The minimum atomic E-state index is -0.178. The van der Waals surface area contributed by atoms with E-state index in [1.165, 1.54) is 4.80 Å². The number of ether oxygens (including phenoxy) is 1. The molecule has 4 rings (SSSR count). The van der Waals surface area contributed by atoms with Crippen molar-refractivity contribution < 1.29 is 9.53 Å². The largest absolute Gasteiger partial charge is 0.460 e. The molecule has 0 bridgehead atoms. The van der Waals surface area contributed by atoms with E-state index in [2.05, 4.69) is 20.5 Å². The van der Waals surface area contributed by atoms with Gasteiger partial charge in [0, 0.05) is 24.4 Å². The summed E-state index contributed by atoms with van der Waals surface area (Å²) in [5, 5.41) is 16.8. The van der Waals surface area contributed by atoms with Gasteiger partial charge in [-0.2, -0.15) is 9.90 Å². The first-order valence-corrected chi connectivity index (χ1v) is 9.31. The van der Waals surface area contributed by atoms with Gasteiger partial charge in [-0.15, -0.1) is 10.2 Å². The zero-order valence-electron chi connectivity index (χ0n) is 15.0. The Hall–Kier alpha value is -3.03. The second-order valence-corrected chi connectivity index (χ2v) is 6.69. The van der Waals surface area contributed by atoms with Crippen LogP contribution in [0.2, 0.25) is 0 Å². The highest BCUT2D eigenvalue weighted by Gasteiger charge is 2.32. The Labute approximate surface area is 157 Å². The van der Waals surface area contributed by atoms with Crippen LogP contribution in [0.15, 0.2) is 48.8 Å². The maximum atomic E-state index is 12.2. The van der Waals surface area contributed by atoms with E-state index < -0.39 is 0 Å². The Balaban J connectivity index is 1.25. The summed E-state index contributed by atoms with van der Waals surface area (Å²) in [6.45, 7) is 0.530. The summed E-state index contributed by atoms with van der Waals surface area (Å²) in [5.74, 6) is 0.411. The smallest absolute Gasteiger partial charge is 0.306 e. The van der Waals surface area contributed by atoms with Crippen LogP contribution in [0.1, 0.15) is 38.1 Å². The van der Waals surface area contributed by atoms with E-state index in [-0.39, 0.29) is 18.1 Å². The summed E-state index contributed by atoms with van der Waals surface area (Å²) in [5.41, 5.74) is 0.925. The first-order valence-electron chi connectivity index (χ1n) is 9.31. The van der Waals surface area contributed by atoms with Crippen LogP contribution in [0.25, 0.3) is 11.4 Å². The summed E-state index contributed by atoms with van der Waals surface area (Å²) in [6, 6.07) is 11.7. The highest BCUT2D eigenvalue weighted by molar-refractivity contribution is 5.69. The molecule has 0 N–H and O–H groups in total. The molecule has 8 nitrogen and oxygen atoms in total. The molecular formula is C19H22N6O2. The van der Waals surface area contributed by atoms with Crippen LogP contribution in [0, 0.1) is 0 Å². The number of aromatic nitrogens is 6. The summed E-state index contributed by atoms with van der Waals surface area (Å²) in [6.07, 6.45) is 7.47. The molecule has 140 valence electrons. The molecule has 1 fully saturated rings. The van der Waals surface area contributed by atoms with Crippen LogP contribution in [0.4, 0.5) is 0 Å². The number of carbonyl (C=O) groups is 1. The second kappa shape index (κ2) is 8.11. The number of benzene rings is 1. The number of hydrogen-bond acceptors (Lipinski definition) is 6. The summed E-state index contributed by atoms with van der Waals surface area (Å²) < 4.78 is 7.59. The molecule has 8 heteroatoms. The second-order valence-electron chi connectivity index (χ2n) is 6.69. The van der Waals surface area contributed by atoms with Gasteiger partial charge in [-0.1, -0.05) is 30.3 Å². The molecule has 3 aromatic rings. The van der Waals surface area contributed by atoms with Crippen molar-refractivity contribution in [2.75, 3.05) is 0 Å². The molecule has 0 aliphatic heterocycles. The zero-order chi connectivity index (χ0) is 18.5. The summed E-state index contributed by atoms with van der Waals surface area (Å²) in [4.78, 5) is 13.7. The van der Waals surface area contributed by atoms with Crippen LogP contribution in [0.3, 0.4) is 0 Å². The normalized spacial score (nSPS) is 19.3. The van der Waals surface area contributed by atoms with Gasteiger partial charge < -0.3 is 4.74 Å². The number of hydrogen-bond donors (Lipinski definition) is 0. The first-order chi connectivity index (χ1) is 13.3. The van der Waals surface area contributed by atoms with E-state index >= 15 is 0 Å². The average molecular weight is 366 g/mol. The number of tetrazole rings is 1. The third-order valence-electron chi connectivity index (χ3n) is 4.79. The van der Waals surface area contributed by atoms with Crippen molar-refractivity contribution in [3.05, 3.63) is 48.8 Å². The van der Waals surface area contributed by atoms with Gasteiger partial charge in [0.05, 0.1) is 12.6 Å². The Morgan fingerprint density at radius 2 is 2.07 bits per heavy atom. The minimum Gasteiger partial charge on any atom is -0.460 e. The van der Waals surface area contributed by atoms with Crippen LogP contribution < -0.4 is 0 Å². The number of nitrogens with zero attached hydrogens (tertiary/aromatic N) is 6. The topological polar surface area (TPSA) is 87.7 Å². The van der Waals surface area contributed by atoms with Gasteiger partial charge in [-0.3, -0.25) is 9.48 Å². The quantitative estimate of drug-likeness (QED) is 0.597. The molecule has 0 saturated heterocycles. The Bertz CT molecular complexity index is 861. The highest BCUT2D eigenvalue weighted by atomic mass is 16.5. The lowest BCUT2D eigenvalue weighted by atomic mass is 10.2. The fraction of sp³-hybridized carbons (Fsp3) is 0.421. The molecule has 1 saturated carbocycles. The lowest BCUT2D eigenvalue weighted by molar-refractivity contribution is -0.150. The van der Waals surface area contributed by atoms with Crippen LogP contribution in [0.5, 0.6) is 0 Å². The molecule has 0 unspecified atom stereocenters. The number of aryl methyl sites for hydroxylation is 1. The molecule has 2 heterocycles. The number of esters is 1. The zero-order valence-corrected chi connectivity index (χ0v) is 15.0. The molecule has 1 aromatic carbocycles. The monoisotopic (exact) mass is 366 g/mol. The maximum Gasteiger partial charge on any atom is 0.306 e. The van der Waals surface area contributed by atoms with Crippen molar-refractivity contribution in [3.63, 3.8) is 0 Å². The average Bonchev–Trinajstić information content (AvgIpc) is 3.44. The Kier molecular flexibility index (Phi) is 5.22. The van der Waals surface area contributed by atoms with Crippen molar-refractivity contribution in [3.8, 4) is 11.4 Å². The van der Waals surface area contributed by atoms with Crippen molar-refractivity contribution in [1.82, 2.24) is 30.0 Å². The van der Waals surface area contributed by atoms with E-state index in [1.54, 1.807) is 6.20 Å². The molecule has 27 heavy (non-hydrogen) atoms. The van der Waals surface area contributed by atoms with E-state index in [0.717, 1.165) is 24.8 Å². The van der Waals surface area contributed by atoms with E-state index in [1.807, 2.05) is 47.3 Å². The minimum absolute atomic E-state index is 0.0911. The standard InChI is InChI=1S/C19H22N6O2/c26-18(27-17-10-4-9-16(17)24-13-6-12-20-24)11-5-14-25-22-19(21-23-25)15-7-2-1-3-8-15/h1-3,6-8,12-13,16-17H,4-5,9-11,14H2/t16-,17-/m1/s1. The molecule has 0 amide bonds. The third-order valence-corrected chi connectivity index (χ3v) is 4.79. The van der Waals surface area contributed by atoms with Gasteiger partial charge in [0.1, 0.15) is 6.10 Å². The predicted octanol–water partition coefficient (Wildman–Crippen LogP) is 2.65. The molecule has 1 aliphatic rings. The number of rotatable bonds is 7. The van der Waals surface area contributed by atoms with Gasteiger partial charge in [0.25, 0.3) is 0 Å². The van der Waals surface area contributed by atoms with E-state index in [4.69, 9.17) is 4.74 Å². The van der Waals surface area contributed by atoms with E-state index in [0.29, 0.717) is 25.2 Å². The van der Waals surface area contributed by atoms with Crippen molar-refractivity contribution in [2.24, 2.45) is 0 Å². The molecular weight excluding hydrogens is 344 g/mol. The van der Waals surface area contributed by atoms with Crippen LogP contribution >= 0.6 is 0 Å². The molecule has 1 aliphatic carbocycles. The van der Waals surface area contributed by atoms with Gasteiger partial charge in [-0.05, 0) is 37.0 Å². The van der Waals surface area contributed by atoms with Crippen molar-refractivity contribution in [2.45, 2.75) is 50.8 Å². The van der Waals surface area contributed by atoms with Crippen molar-refractivity contribution >= 4 is 5.97 Å². The number of carbonyl (C=O) groups excluding carboxylic acids is 1. The third kappa shape index (κ3) is 4.21. The first kappa shape index (κ1) is 17.4. The van der Waals surface area contributed by atoms with Gasteiger partial charge >= 0.3 is 5.97 Å². The van der Waals surface area contributed by atoms with Crippen LogP contribution in [-0.2, 0) is 16.1 Å². The fourth-order valence-corrected chi connectivity index (χ4v) is 3.46. The molecule has 2 aromatic heterocycles. The maximum absolute atomic E-state index is 12.2.